The Morgan fingerprint density at radius 1 is 1.59 bits per heavy atom. The van der Waals surface area contributed by atoms with Crippen LogP contribution < -0.4 is 11.1 Å². The zero-order chi connectivity index (χ0) is 12.4. The molecule has 1 aliphatic heterocycles. The molecular formula is C12H17N3O2. The van der Waals surface area contributed by atoms with Gasteiger partial charge in [-0.2, -0.15) is 0 Å². The minimum Gasteiger partial charge on any atom is -0.478 e. The molecule has 1 aliphatic rings. The first-order valence-electron chi connectivity index (χ1n) is 5.64. The summed E-state index contributed by atoms with van der Waals surface area (Å²) in [5, 5.41) is 12.3. The highest BCUT2D eigenvalue weighted by Gasteiger charge is 2.19. The number of rotatable bonds is 3. The van der Waals surface area contributed by atoms with Gasteiger partial charge in [0.15, 0.2) is 0 Å². The molecule has 0 radical (unpaired) electrons. The van der Waals surface area contributed by atoms with Crippen molar-refractivity contribution in [3.8, 4) is 0 Å². The van der Waals surface area contributed by atoms with Crippen LogP contribution in [0, 0.1) is 0 Å². The van der Waals surface area contributed by atoms with Crippen LogP contribution in [-0.4, -0.2) is 42.2 Å². The van der Waals surface area contributed by atoms with Crippen LogP contribution in [0.2, 0.25) is 0 Å². The summed E-state index contributed by atoms with van der Waals surface area (Å²) in [4.78, 5) is 13.2. The van der Waals surface area contributed by atoms with E-state index in [1.54, 1.807) is 12.1 Å². The van der Waals surface area contributed by atoms with E-state index in [1.807, 2.05) is 6.07 Å². The van der Waals surface area contributed by atoms with Crippen molar-refractivity contribution in [2.24, 2.45) is 0 Å². The van der Waals surface area contributed by atoms with Gasteiger partial charge in [0, 0.05) is 24.0 Å². The van der Waals surface area contributed by atoms with E-state index in [9.17, 15) is 4.79 Å². The van der Waals surface area contributed by atoms with E-state index in [4.69, 9.17) is 10.8 Å². The molecule has 0 amide bonds. The van der Waals surface area contributed by atoms with E-state index in [0.29, 0.717) is 11.7 Å². The summed E-state index contributed by atoms with van der Waals surface area (Å²) in [6.45, 7) is 2.05. The molecule has 92 valence electrons. The monoisotopic (exact) mass is 235 g/mol. The molecule has 5 nitrogen and oxygen atoms in total. The highest BCUT2D eigenvalue weighted by atomic mass is 16.4. The van der Waals surface area contributed by atoms with Crippen LogP contribution in [0.3, 0.4) is 0 Å². The van der Waals surface area contributed by atoms with Gasteiger partial charge in [-0.1, -0.05) is 0 Å². The van der Waals surface area contributed by atoms with E-state index < -0.39 is 5.97 Å². The zero-order valence-corrected chi connectivity index (χ0v) is 9.81. The minimum absolute atomic E-state index is 0.154. The van der Waals surface area contributed by atoms with Crippen LogP contribution in [0.4, 0.5) is 11.4 Å². The molecule has 5 heteroatoms. The van der Waals surface area contributed by atoms with Crippen LogP contribution in [0.15, 0.2) is 18.2 Å². The lowest BCUT2D eigenvalue weighted by Gasteiger charge is -2.15. The quantitative estimate of drug-likeness (QED) is 0.683. The zero-order valence-electron chi connectivity index (χ0n) is 9.81. The maximum absolute atomic E-state index is 10.9. The van der Waals surface area contributed by atoms with Gasteiger partial charge < -0.3 is 21.1 Å². The molecule has 1 atom stereocenters. The number of hydrogen-bond acceptors (Lipinski definition) is 4. The molecule has 4 N–H and O–H groups in total. The average Bonchev–Trinajstić information content (AvgIpc) is 2.66. The number of nitrogen functional groups attached to an aromatic ring is 1. The number of carboxylic acid groups (broad SMARTS) is 1. The molecule has 0 aromatic heterocycles. The highest BCUT2D eigenvalue weighted by Crippen LogP contribution is 2.20. The van der Waals surface area contributed by atoms with Crippen LogP contribution in [0.25, 0.3) is 0 Å². The van der Waals surface area contributed by atoms with Crippen molar-refractivity contribution in [1.29, 1.82) is 0 Å². The molecule has 0 bridgehead atoms. The molecule has 0 aliphatic carbocycles. The second-order valence-electron chi connectivity index (χ2n) is 4.50. The van der Waals surface area contributed by atoms with E-state index in [0.717, 1.165) is 25.2 Å². The van der Waals surface area contributed by atoms with E-state index in [-0.39, 0.29) is 5.56 Å². The number of nitrogens with zero attached hydrogens (tertiary/aromatic N) is 1. The average molecular weight is 235 g/mol. The molecule has 17 heavy (non-hydrogen) atoms. The fourth-order valence-electron chi connectivity index (χ4n) is 2.12. The van der Waals surface area contributed by atoms with Crippen LogP contribution >= 0.6 is 0 Å². The van der Waals surface area contributed by atoms with Crippen molar-refractivity contribution >= 4 is 17.3 Å². The van der Waals surface area contributed by atoms with Gasteiger partial charge in [-0.3, -0.25) is 0 Å². The lowest BCUT2D eigenvalue weighted by molar-refractivity contribution is 0.0698. The van der Waals surface area contributed by atoms with Gasteiger partial charge in [0.1, 0.15) is 0 Å². The van der Waals surface area contributed by atoms with E-state index >= 15 is 0 Å². The predicted molar refractivity (Wildman–Crippen MR) is 67.3 cm³/mol. The molecule has 2 rings (SSSR count). The third-order valence-corrected chi connectivity index (χ3v) is 3.05. The summed E-state index contributed by atoms with van der Waals surface area (Å²) in [5.74, 6) is -0.991. The Bertz CT molecular complexity index is 434. The summed E-state index contributed by atoms with van der Waals surface area (Å²) in [6.07, 6.45) is 1.07. The van der Waals surface area contributed by atoms with Crippen LogP contribution in [0.5, 0.6) is 0 Å². The van der Waals surface area contributed by atoms with Crippen molar-refractivity contribution in [2.45, 2.75) is 12.5 Å². The van der Waals surface area contributed by atoms with Gasteiger partial charge in [-0.05, 0) is 38.2 Å². The van der Waals surface area contributed by atoms with Gasteiger partial charge in [0.05, 0.1) is 5.56 Å². The van der Waals surface area contributed by atoms with E-state index in [2.05, 4.69) is 17.3 Å². The Labute approximate surface area is 100 Å². The summed E-state index contributed by atoms with van der Waals surface area (Å²) in [6, 6.07) is 5.42. The van der Waals surface area contributed by atoms with Gasteiger partial charge in [-0.25, -0.2) is 4.79 Å². The lowest BCUT2D eigenvalue weighted by Crippen LogP contribution is -2.23. The number of aromatic carboxylic acids is 1. The SMILES string of the molecule is CN1CCC(Nc2ccc(N)c(C(=O)O)c2)C1. The number of benzene rings is 1. The maximum atomic E-state index is 10.9. The predicted octanol–water partition coefficient (Wildman–Crippen LogP) is 1.08. The van der Waals surface area contributed by atoms with Crippen molar-refractivity contribution in [2.75, 3.05) is 31.2 Å². The Kier molecular flexibility index (Phi) is 3.19. The first-order chi connectivity index (χ1) is 8.06. The van der Waals surface area contributed by atoms with Gasteiger partial charge in [-0.15, -0.1) is 0 Å². The Morgan fingerprint density at radius 2 is 2.35 bits per heavy atom. The molecule has 1 aromatic carbocycles. The molecule has 1 aromatic rings. The minimum atomic E-state index is -0.991. The maximum Gasteiger partial charge on any atom is 0.337 e. The third kappa shape index (κ3) is 2.68. The Hall–Kier alpha value is -1.75. The van der Waals surface area contributed by atoms with Gasteiger partial charge >= 0.3 is 5.97 Å². The summed E-state index contributed by atoms with van der Waals surface area (Å²) in [5.41, 5.74) is 6.87. The fourth-order valence-corrected chi connectivity index (χ4v) is 2.12. The third-order valence-electron chi connectivity index (χ3n) is 3.05. The summed E-state index contributed by atoms with van der Waals surface area (Å²) < 4.78 is 0. The molecule has 1 unspecified atom stereocenters. The number of carboxylic acids is 1. The molecule has 1 heterocycles. The first-order valence-corrected chi connectivity index (χ1v) is 5.64. The normalized spacial score (nSPS) is 20.4. The van der Waals surface area contributed by atoms with Crippen LogP contribution in [0.1, 0.15) is 16.8 Å². The van der Waals surface area contributed by atoms with Crippen molar-refractivity contribution in [3.63, 3.8) is 0 Å². The number of carbonyl (C=O) groups is 1. The Morgan fingerprint density at radius 3 is 2.94 bits per heavy atom. The fraction of sp³-hybridized carbons (Fsp3) is 0.417. The highest BCUT2D eigenvalue weighted by molar-refractivity contribution is 5.94. The lowest BCUT2D eigenvalue weighted by atomic mass is 10.1. The van der Waals surface area contributed by atoms with E-state index in [1.165, 1.54) is 0 Å². The second-order valence-corrected chi connectivity index (χ2v) is 4.50. The van der Waals surface area contributed by atoms with Crippen molar-refractivity contribution < 1.29 is 9.90 Å². The number of hydrogen-bond donors (Lipinski definition) is 3. The topological polar surface area (TPSA) is 78.6 Å². The largest absolute Gasteiger partial charge is 0.478 e. The molecular weight excluding hydrogens is 218 g/mol. The smallest absolute Gasteiger partial charge is 0.337 e. The van der Waals surface area contributed by atoms with Crippen LogP contribution in [-0.2, 0) is 0 Å². The number of nitrogens with two attached hydrogens (primary N) is 1. The Balaban J connectivity index is 2.11. The van der Waals surface area contributed by atoms with Crippen molar-refractivity contribution in [3.05, 3.63) is 23.8 Å². The molecule has 1 saturated heterocycles. The van der Waals surface area contributed by atoms with Crippen molar-refractivity contribution in [1.82, 2.24) is 4.90 Å². The van der Waals surface area contributed by atoms with Gasteiger partial charge in [0.25, 0.3) is 0 Å². The standard InChI is InChI=1S/C12H17N3O2/c1-15-5-4-9(7-15)14-8-2-3-11(13)10(6-8)12(16)17/h2-3,6,9,14H,4-5,7,13H2,1H3,(H,16,17). The number of likely N-dealkylation sites (N-methyl/N-ethyl adjacent to an activating group) is 1. The number of anilines is 2. The molecule has 1 fully saturated rings. The molecule has 0 saturated carbocycles. The first kappa shape index (κ1) is 11.7. The second kappa shape index (κ2) is 4.63. The number of likely N-dealkylation sites (tertiary alicyclic amines) is 1. The number of nitrogens with one attached hydrogen (secondary N) is 1. The van der Waals surface area contributed by atoms with Gasteiger partial charge in [0.2, 0.25) is 0 Å². The summed E-state index contributed by atoms with van der Waals surface area (Å²) in [7, 11) is 2.08. The molecule has 0 spiro atoms. The summed E-state index contributed by atoms with van der Waals surface area (Å²) >= 11 is 0.